The first-order valence-electron chi connectivity index (χ1n) is 8.01. The van der Waals surface area contributed by atoms with Gasteiger partial charge in [0.1, 0.15) is 0 Å². The van der Waals surface area contributed by atoms with Gasteiger partial charge in [-0.05, 0) is 36.2 Å². The van der Waals surface area contributed by atoms with Gasteiger partial charge in [0.25, 0.3) is 5.91 Å². The lowest BCUT2D eigenvalue weighted by Crippen LogP contribution is -2.34. The van der Waals surface area contributed by atoms with E-state index in [-0.39, 0.29) is 24.4 Å². The second kappa shape index (κ2) is 7.68. The number of nitrogens with two attached hydrogens (primary N) is 1. The molecule has 5 nitrogen and oxygen atoms in total. The molecule has 25 heavy (non-hydrogen) atoms. The summed E-state index contributed by atoms with van der Waals surface area (Å²) in [6.07, 6.45) is 0. The number of hydrogen-bond acceptors (Lipinski definition) is 3. The molecule has 3 aromatic rings. The summed E-state index contributed by atoms with van der Waals surface area (Å²) in [7, 11) is 1.84. The van der Waals surface area contributed by atoms with Crippen molar-refractivity contribution >= 4 is 29.1 Å². The molecule has 0 radical (unpaired) electrons. The van der Waals surface area contributed by atoms with Crippen molar-refractivity contribution in [3.8, 4) is 0 Å². The van der Waals surface area contributed by atoms with Crippen molar-refractivity contribution in [1.82, 2.24) is 15.1 Å². The molecular weight excluding hydrogens is 336 g/mol. The van der Waals surface area contributed by atoms with Crippen LogP contribution in [-0.2, 0) is 7.05 Å². The summed E-state index contributed by atoms with van der Waals surface area (Å²) in [6.45, 7) is 4.07. The van der Waals surface area contributed by atoms with Crippen molar-refractivity contribution in [2.24, 2.45) is 12.8 Å². The number of hydrogen-bond donors (Lipinski definition) is 2. The SMILES string of the molecule is Cc1nn(C)c(C)c1C(=O)NC(CN)c1ccc2ccccc2c1.Cl. The van der Waals surface area contributed by atoms with E-state index in [2.05, 4.69) is 34.7 Å². The molecule has 0 saturated carbocycles. The molecule has 0 spiro atoms. The second-order valence-electron chi connectivity index (χ2n) is 6.04. The quantitative estimate of drug-likeness (QED) is 0.752. The number of nitrogens with zero attached hydrogens (tertiary/aromatic N) is 2. The average molecular weight is 359 g/mol. The van der Waals surface area contributed by atoms with E-state index >= 15 is 0 Å². The molecule has 0 aliphatic rings. The number of rotatable bonds is 4. The number of benzene rings is 2. The van der Waals surface area contributed by atoms with Gasteiger partial charge in [0.05, 0.1) is 17.3 Å². The number of halogens is 1. The van der Waals surface area contributed by atoms with Crippen LogP contribution in [0.25, 0.3) is 10.8 Å². The number of carbonyl (C=O) groups excluding carboxylic acids is 1. The topological polar surface area (TPSA) is 72.9 Å². The molecule has 0 aliphatic carbocycles. The predicted molar refractivity (Wildman–Crippen MR) is 103 cm³/mol. The Balaban J connectivity index is 0.00000225. The maximum atomic E-state index is 12.7. The molecular formula is C19H23ClN4O. The standard InChI is InChI=1S/C19H22N4O.ClH/c1-12-18(13(2)23(3)22-12)19(24)21-17(11-20)16-9-8-14-6-4-5-7-15(14)10-16;/h4-10,17H,11,20H2,1-3H3,(H,21,24);1H. The van der Waals surface area contributed by atoms with Crippen LogP contribution in [0.4, 0.5) is 0 Å². The van der Waals surface area contributed by atoms with E-state index < -0.39 is 0 Å². The highest BCUT2D eigenvalue weighted by atomic mass is 35.5. The van der Waals surface area contributed by atoms with Gasteiger partial charge in [-0.1, -0.05) is 36.4 Å². The van der Waals surface area contributed by atoms with Crippen molar-refractivity contribution in [2.75, 3.05) is 6.54 Å². The number of nitrogens with one attached hydrogen (secondary N) is 1. The van der Waals surface area contributed by atoms with Crippen molar-refractivity contribution in [2.45, 2.75) is 19.9 Å². The molecule has 3 N–H and O–H groups in total. The van der Waals surface area contributed by atoms with Gasteiger partial charge >= 0.3 is 0 Å². The zero-order chi connectivity index (χ0) is 17.3. The van der Waals surface area contributed by atoms with Gasteiger partial charge in [-0.25, -0.2) is 0 Å². The Morgan fingerprint density at radius 3 is 2.48 bits per heavy atom. The smallest absolute Gasteiger partial charge is 0.255 e. The molecule has 1 aromatic heterocycles. The molecule has 2 aromatic carbocycles. The second-order valence-corrected chi connectivity index (χ2v) is 6.04. The molecule has 1 amide bonds. The summed E-state index contributed by atoms with van der Waals surface area (Å²) in [4.78, 5) is 12.7. The highest BCUT2D eigenvalue weighted by molar-refractivity contribution is 5.96. The van der Waals surface area contributed by atoms with Crippen LogP contribution in [0.3, 0.4) is 0 Å². The predicted octanol–water partition coefficient (Wildman–Crippen LogP) is 3.04. The fourth-order valence-corrected chi connectivity index (χ4v) is 3.04. The molecule has 0 bridgehead atoms. The minimum absolute atomic E-state index is 0. The first-order chi connectivity index (χ1) is 11.5. The third-order valence-electron chi connectivity index (χ3n) is 4.45. The van der Waals surface area contributed by atoms with E-state index in [1.54, 1.807) is 4.68 Å². The zero-order valence-corrected chi connectivity index (χ0v) is 15.4. The molecule has 6 heteroatoms. The Labute approximate surface area is 153 Å². The van der Waals surface area contributed by atoms with Crippen molar-refractivity contribution in [1.29, 1.82) is 0 Å². The minimum Gasteiger partial charge on any atom is -0.344 e. The van der Waals surface area contributed by atoms with Gasteiger partial charge in [-0.3, -0.25) is 9.48 Å². The Morgan fingerprint density at radius 2 is 1.88 bits per heavy atom. The lowest BCUT2D eigenvalue weighted by Gasteiger charge is -2.18. The third kappa shape index (κ3) is 3.67. The fraction of sp³-hybridized carbons (Fsp3) is 0.263. The molecule has 0 fully saturated rings. The van der Waals surface area contributed by atoms with Gasteiger partial charge in [0.2, 0.25) is 0 Å². The first-order valence-corrected chi connectivity index (χ1v) is 8.01. The number of carbonyl (C=O) groups is 1. The molecule has 1 heterocycles. The summed E-state index contributed by atoms with van der Waals surface area (Å²) in [5.41, 5.74) is 9.12. The van der Waals surface area contributed by atoms with Crippen LogP contribution in [0.1, 0.15) is 33.4 Å². The van der Waals surface area contributed by atoms with E-state index in [1.807, 2.05) is 39.1 Å². The summed E-state index contributed by atoms with van der Waals surface area (Å²) in [5.74, 6) is -0.137. The molecule has 0 saturated heterocycles. The molecule has 1 atom stereocenters. The van der Waals surface area contributed by atoms with Gasteiger partial charge in [0, 0.05) is 19.3 Å². The van der Waals surface area contributed by atoms with Crippen LogP contribution < -0.4 is 11.1 Å². The summed E-state index contributed by atoms with van der Waals surface area (Å²) < 4.78 is 1.72. The van der Waals surface area contributed by atoms with Gasteiger partial charge in [-0.2, -0.15) is 5.10 Å². The van der Waals surface area contributed by atoms with Gasteiger partial charge in [0.15, 0.2) is 0 Å². The van der Waals surface area contributed by atoms with E-state index in [1.165, 1.54) is 5.39 Å². The largest absolute Gasteiger partial charge is 0.344 e. The maximum Gasteiger partial charge on any atom is 0.255 e. The third-order valence-corrected chi connectivity index (χ3v) is 4.45. The molecule has 0 aliphatic heterocycles. The average Bonchev–Trinajstić information content (AvgIpc) is 2.84. The van der Waals surface area contributed by atoms with Gasteiger partial charge < -0.3 is 11.1 Å². The van der Waals surface area contributed by atoms with E-state index in [0.29, 0.717) is 12.1 Å². The Bertz CT molecular complexity index is 904. The highest BCUT2D eigenvalue weighted by Gasteiger charge is 2.20. The van der Waals surface area contributed by atoms with Crippen molar-refractivity contribution < 1.29 is 4.79 Å². The number of amides is 1. The lowest BCUT2D eigenvalue weighted by atomic mass is 10.0. The van der Waals surface area contributed by atoms with Gasteiger partial charge in [-0.15, -0.1) is 12.4 Å². The van der Waals surface area contributed by atoms with Crippen LogP contribution in [0.15, 0.2) is 42.5 Å². The maximum absolute atomic E-state index is 12.7. The first kappa shape index (κ1) is 19.0. The molecule has 132 valence electrons. The number of aryl methyl sites for hydroxylation is 2. The summed E-state index contributed by atoms with van der Waals surface area (Å²) in [6, 6.07) is 14.1. The van der Waals surface area contributed by atoms with E-state index in [4.69, 9.17) is 5.73 Å². The summed E-state index contributed by atoms with van der Waals surface area (Å²) in [5, 5.41) is 9.65. The number of fused-ring (bicyclic) bond motifs is 1. The molecule has 1 unspecified atom stereocenters. The Morgan fingerprint density at radius 1 is 1.20 bits per heavy atom. The summed E-state index contributed by atoms with van der Waals surface area (Å²) >= 11 is 0. The van der Waals surface area contributed by atoms with Crippen LogP contribution in [0.5, 0.6) is 0 Å². The fourth-order valence-electron chi connectivity index (χ4n) is 3.04. The number of aromatic nitrogens is 2. The van der Waals surface area contributed by atoms with Crippen LogP contribution in [0.2, 0.25) is 0 Å². The van der Waals surface area contributed by atoms with Crippen LogP contribution in [0, 0.1) is 13.8 Å². The van der Waals surface area contributed by atoms with E-state index in [0.717, 1.165) is 22.3 Å². The Kier molecular flexibility index (Phi) is 5.82. The minimum atomic E-state index is -0.235. The monoisotopic (exact) mass is 358 g/mol. The Hall–Kier alpha value is -2.37. The van der Waals surface area contributed by atoms with Crippen LogP contribution in [-0.4, -0.2) is 22.2 Å². The van der Waals surface area contributed by atoms with Crippen molar-refractivity contribution in [3.05, 3.63) is 65.0 Å². The normalized spacial score (nSPS) is 11.8. The lowest BCUT2D eigenvalue weighted by molar-refractivity contribution is 0.0936. The van der Waals surface area contributed by atoms with Crippen molar-refractivity contribution in [3.63, 3.8) is 0 Å². The van der Waals surface area contributed by atoms with E-state index in [9.17, 15) is 4.79 Å². The highest BCUT2D eigenvalue weighted by Crippen LogP contribution is 2.21. The zero-order valence-electron chi connectivity index (χ0n) is 14.6. The van der Waals surface area contributed by atoms with Crippen LogP contribution >= 0.6 is 12.4 Å². The molecule has 3 rings (SSSR count).